The normalized spacial score (nSPS) is 17.8. The van der Waals surface area contributed by atoms with Crippen molar-refractivity contribution in [2.24, 2.45) is 0 Å². The quantitative estimate of drug-likeness (QED) is 0.770. The van der Waals surface area contributed by atoms with Gasteiger partial charge in [0.2, 0.25) is 0 Å². The highest BCUT2D eigenvalue weighted by atomic mass is 15.0. The van der Waals surface area contributed by atoms with E-state index in [2.05, 4.69) is 27.4 Å². The minimum atomic E-state index is 0.344. The van der Waals surface area contributed by atoms with Crippen molar-refractivity contribution in [1.82, 2.24) is 9.97 Å². The molecule has 0 radical (unpaired) electrons. The lowest BCUT2D eigenvalue weighted by molar-refractivity contribution is 0.760. The summed E-state index contributed by atoms with van der Waals surface area (Å²) in [7, 11) is 0. The lowest BCUT2D eigenvalue weighted by atomic mass is 10.1. The zero-order valence-corrected chi connectivity index (χ0v) is 9.43. The molecule has 0 amide bonds. The molecule has 0 saturated heterocycles. The van der Waals surface area contributed by atoms with Crippen molar-refractivity contribution in [2.75, 3.05) is 11.1 Å². The molecule has 0 bridgehead atoms. The minimum absolute atomic E-state index is 0.344. The van der Waals surface area contributed by atoms with Gasteiger partial charge in [-0.25, -0.2) is 9.97 Å². The molecule has 1 aliphatic carbocycles. The third-order valence-corrected chi connectivity index (χ3v) is 3.15. The van der Waals surface area contributed by atoms with E-state index in [-0.39, 0.29) is 0 Å². The molecule has 2 aromatic rings. The molecule has 86 valence electrons. The van der Waals surface area contributed by atoms with Crippen LogP contribution in [-0.2, 0) is 6.42 Å². The predicted octanol–water partition coefficient (Wildman–Crippen LogP) is 2.16. The number of fused-ring (bicyclic) bond motifs is 1. The van der Waals surface area contributed by atoms with Gasteiger partial charge in [0.25, 0.3) is 0 Å². The summed E-state index contributed by atoms with van der Waals surface area (Å²) in [5, 5.41) is 3.45. The Labute approximate surface area is 99.9 Å². The van der Waals surface area contributed by atoms with E-state index in [0.717, 1.165) is 24.2 Å². The van der Waals surface area contributed by atoms with Crippen molar-refractivity contribution in [3.8, 4) is 0 Å². The average molecular weight is 226 g/mol. The number of hydrogen-bond donors (Lipinski definition) is 2. The lowest BCUT2D eigenvalue weighted by Crippen LogP contribution is -2.07. The molecule has 4 nitrogen and oxygen atoms in total. The van der Waals surface area contributed by atoms with E-state index in [1.54, 1.807) is 12.4 Å². The SMILES string of the molecule is Nc1ccc2c(c1)CCC2Nc1cncnc1. The average Bonchev–Trinajstić information content (AvgIpc) is 2.73. The molecule has 3 N–H and O–H groups in total. The highest BCUT2D eigenvalue weighted by Crippen LogP contribution is 2.34. The van der Waals surface area contributed by atoms with Crippen molar-refractivity contribution in [3.05, 3.63) is 48.0 Å². The highest BCUT2D eigenvalue weighted by Gasteiger charge is 2.22. The van der Waals surface area contributed by atoms with Gasteiger partial charge < -0.3 is 11.1 Å². The van der Waals surface area contributed by atoms with Crippen LogP contribution >= 0.6 is 0 Å². The van der Waals surface area contributed by atoms with Crippen LogP contribution in [0, 0.1) is 0 Å². The molecule has 0 aliphatic heterocycles. The second kappa shape index (κ2) is 4.05. The number of nitrogens with two attached hydrogens (primary N) is 1. The van der Waals surface area contributed by atoms with Gasteiger partial charge >= 0.3 is 0 Å². The summed E-state index contributed by atoms with van der Waals surface area (Å²) in [5.74, 6) is 0. The fourth-order valence-electron chi connectivity index (χ4n) is 2.36. The van der Waals surface area contributed by atoms with E-state index >= 15 is 0 Å². The zero-order valence-electron chi connectivity index (χ0n) is 9.43. The van der Waals surface area contributed by atoms with E-state index in [4.69, 9.17) is 5.73 Å². The van der Waals surface area contributed by atoms with Crippen molar-refractivity contribution in [2.45, 2.75) is 18.9 Å². The molecule has 1 aromatic carbocycles. The monoisotopic (exact) mass is 226 g/mol. The summed E-state index contributed by atoms with van der Waals surface area (Å²) >= 11 is 0. The van der Waals surface area contributed by atoms with E-state index in [9.17, 15) is 0 Å². The number of nitrogens with zero attached hydrogens (tertiary/aromatic N) is 2. The van der Waals surface area contributed by atoms with Gasteiger partial charge in [-0.05, 0) is 36.1 Å². The van der Waals surface area contributed by atoms with Crippen LogP contribution in [0.15, 0.2) is 36.9 Å². The van der Waals surface area contributed by atoms with Crippen molar-refractivity contribution < 1.29 is 0 Å². The first-order chi connectivity index (χ1) is 8.33. The Hall–Kier alpha value is -2.10. The molecule has 1 aliphatic rings. The minimum Gasteiger partial charge on any atom is -0.399 e. The summed E-state index contributed by atoms with van der Waals surface area (Å²) in [6.07, 6.45) is 7.29. The molecule has 1 aromatic heterocycles. The predicted molar refractivity (Wildman–Crippen MR) is 67.6 cm³/mol. The molecule has 0 spiro atoms. The van der Waals surface area contributed by atoms with Crippen LogP contribution in [0.2, 0.25) is 0 Å². The van der Waals surface area contributed by atoms with Gasteiger partial charge in [0.1, 0.15) is 6.33 Å². The summed E-state index contributed by atoms with van der Waals surface area (Å²) in [6.45, 7) is 0. The van der Waals surface area contributed by atoms with Crippen LogP contribution in [0.25, 0.3) is 0 Å². The third-order valence-electron chi connectivity index (χ3n) is 3.15. The molecule has 3 rings (SSSR count). The van der Waals surface area contributed by atoms with Crippen LogP contribution < -0.4 is 11.1 Å². The Kier molecular flexibility index (Phi) is 2.40. The Morgan fingerprint density at radius 1 is 1.24 bits per heavy atom. The number of anilines is 2. The molecule has 1 unspecified atom stereocenters. The number of nitrogen functional groups attached to an aromatic ring is 1. The Balaban J connectivity index is 1.85. The topological polar surface area (TPSA) is 63.8 Å². The molecular formula is C13H14N4. The molecule has 4 heteroatoms. The molecule has 17 heavy (non-hydrogen) atoms. The second-order valence-corrected chi connectivity index (χ2v) is 4.32. The van der Waals surface area contributed by atoms with Crippen LogP contribution in [0.5, 0.6) is 0 Å². The fraction of sp³-hybridized carbons (Fsp3) is 0.231. The first-order valence-electron chi connectivity index (χ1n) is 5.73. The van der Waals surface area contributed by atoms with Crippen molar-refractivity contribution in [1.29, 1.82) is 0 Å². The van der Waals surface area contributed by atoms with Gasteiger partial charge in [-0.2, -0.15) is 0 Å². The summed E-state index contributed by atoms with van der Waals surface area (Å²) in [5.41, 5.74) is 10.3. The van der Waals surface area contributed by atoms with Crippen molar-refractivity contribution >= 4 is 11.4 Å². The van der Waals surface area contributed by atoms with E-state index < -0.39 is 0 Å². The van der Waals surface area contributed by atoms with Gasteiger partial charge in [0, 0.05) is 5.69 Å². The highest BCUT2D eigenvalue weighted by molar-refractivity contribution is 5.51. The molecular weight excluding hydrogens is 212 g/mol. The first kappa shape index (κ1) is 10.1. The van der Waals surface area contributed by atoms with Gasteiger partial charge in [0.05, 0.1) is 24.1 Å². The van der Waals surface area contributed by atoms with E-state index in [1.807, 2.05) is 6.07 Å². The second-order valence-electron chi connectivity index (χ2n) is 4.32. The maximum Gasteiger partial charge on any atom is 0.115 e. The molecule has 1 heterocycles. The van der Waals surface area contributed by atoms with E-state index in [1.165, 1.54) is 17.5 Å². The maximum atomic E-state index is 5.79. The Morgan fingerprint density at radius 2 is 2.06 bits per heavy atom. The lowest BCUT2D eigenvalue weighted by Gasteiger charge is -2.14. The van der Waals surface area contributed by atoms with Gasteiger partial charge in [-0.1, -0.05) is 6.07 Å². The van der Waals surface area contributed by atoms with Crippen LogP contribution in [0.1, 0.15) is 23.6 Å². The van der Waals surface area contributed by atoms with Crippen LogP contribution in [0.4, 0.5) is 11.4 Å². The number of aryl methyl sites for hydroxylation is 1. The summed E-state index contributed by atoms with van der Waals surface area (Å²) < 4.78 is 0. The number of hydrogen-bond acceptors (Lipinski definition) is 4. The van der Waals surface area contributed by atoms with E-state index in [0.29, 0.717) is 6.04 Å². The van der Waals surface area contributed by atoms with Gasteiger partial charge in [0.15, 0.2) is 0 Å². The van der Waals surface area contributed by atoms with Crippen molar-refractivity contribution in [3.63, 3.8) is 0 Å². The largest absolute Gasteiger partial charge is 0.399 e. The zero-order chi connectivity index (χ0) is 11.7. The maximum absolute atomic E-state index is 5.79. The first-order valence-corrected chi connectivity index (χ1v) is 5.73. The Morgan fingerprint density at radius 3 is 2.88 bits per heavy atom. The molecule has 1 atom stereocenters. The fourth-order valence-corrected chi connectivity index (χ4v) is 2.36. The third kappa shape index (κ3) is 1.93. The molecule has 0 saturated carbocycles. The van der Waals surface area contributed by atoms with Crippen LogP contribution in [-0.4, -0.2) is 9.97 Å². The van der Waals surface area contributed by atoms with Gasteiger partial charge in [-0.15, -0.1) is 0 Å². The number of aromatic nitrogens is 2. The number of nitrogens with one attached hydrogen (secondary N) is 1. The summed E-state index contributed by atoms with van der Waals surface area (Å²) in [6, 6.07) is 6.48. The standard InChI is InChI=1S/C13H14N4/c14-10-2-3-12-9(5-10)1-4-13(12)17-11-6-15-8-16-7-11/h2-3,5-8,13,17H,1,4,14H2. The smallest absolute Gasteiger partial charge is 0.115 e. The molecule has 0 fully saturated rings. The van der Waals surface area contributed by atoms with Gasteiger partial charge in [-0.3, -0.25) is 0 Å². The van der Waals surface area contributed by atoms with Crippen LogP contribution in [0.3, 0.4) is 0 Å². The Bertz CT molecular complexity index is 524. The number of rotatable bonds is 2. The summed E-state index contributed by atoms with van der Waals surface area (Å²) in [4.78, 5) is 8.01. The number of benzene rings is 1.